The van der Waals surface area contributed by atoms with Crippen molar-refractivity contribution in [1.82, 2.24) is 10.6 Å². The van der Waals surface area contributed by atoms with E-state index in [0.717, 1.165) is 12.8 Å². The van der Waals surface area contributed by atoms with E-state index >= 15 is 0 Å². The molecule has 0 aromatic rings. The molecule has 0 bridgehead atoms. The molecule has 0 radical (unpaired) electrons. The summed E-state index contributed by atoms with van der Waals surface area (Å²) in [7, 11) is 0. The minimum atomic E-state index is -0.398. The molecule has 0 atom stereocenters. The number of nitrogens with one attached hydrogen (secondary N) is 2. The summed E-state index contributed by atoms with van der Waals surface area (Å²) in [6.45, 7) is 6.77. The fraction of sp³-hybridized carbons (Fsp3) is 0.889. The molecule has 0 aliphatic carbocycles. The zero-order valence-corrected chi connectivity index (χ0v) is 15.2. The Morgan fingerprint density at radius 2 is 1.39 bits per heavy atom. The molecule has 3 N–H and O–H groups in total. The quantitative estimate of drug-likeness (QED) is 0.429. The Labute approximate surface area is 141 Å². The van der Waals surface area contributed by atoms with Crippen molar-refractivity contribution in [2.24, 2.45) is 5.41 Å². The molecule has 0 spiro atoms. The first kappa shape index (κ1) is 21.9. The van der Waals surface area contributed by atoms with Gasteiger partial charge in [0.05, 0.1) is 0 Å². The fourth-order valence-corrected chi connectivity index (χ4v) is 2.29. The van der Waals surface area contributed by atoms with Crippen LogP contribution in [0.25, 0.3) is 0 Å². The molecule has 0 unspecified atom stereocenters. The molecule has 136 valence electrons. The molecule has 0 aromatic heterocycles. The summed E-state index contributed by atoms with van der Waals surface area (Å²) >= 11 is 0. The van der Waals surface area contributed by atoms with Crippen molar-refractivity contribution in [3.63, 3.8) is 0 Å². The first-order valence-corrected chi connectivity index (χ1v) is 9.05. The Morgan fingerprint density at radius 3 is 1.96 bits per heavy atom. The van der Waals surface area contributed by atoms with Gasteiger partial charge in [0.25, 0.3) is 0 Å². The van der Waals surface area contributed by atoms with Crippen molar-refractivity contribution >= 4 is 11.8 Å². The molecule has 0 fully saturated rings. The Balaban J connectivity index is 3.48. The third-order valence-electron chi connectivity index (χ3n) is 3.84. The van der Waals surface area contributed by atoms with Crippen LogP contribution in [0.4, 0.5) is 0 Å². The Bertz CT molecular complexity index is 330. The molecular weight excluding hydrogens is 292 g/mol. The molecule has 0 aliphatic rings. The maximum absolute atomic E-state index is 11.6. The number of hydrogen-bond donors (Lipinski definition) is 3. The van der Waals surface area contributed by atoms with Gasteiger partial charge >= 0.3 is 0 Å². The molecule has 0 aliphatic heterocycles. The van der Waals surface area contributed by atoms with Gasteiger partial charge in [-0.15, -0.1) is 0 Å². The molecule has 0 saturated carbocycles. The van der Waals surface area contributed by atoms with Crippen molar-refractivity contribution in [3.05, 3.63) is 0 Å². The number of rotatable bonds is 14. The van der Waals surface area contributed by atoms with Crippen molar-refractivity contribution in [3.8, 4) is 0 Å². The van der Waals surface area contributed by atoms with E-state index in [1.54, 1.807) is 0 Å². The number of carbonyl (C=O) groups excluding carboxylic acids is 2. The molecule has 0 aromatic carbocycles. The number of carbonyl (C=O) groups is 2. The Kier molecular flexibility index (Phi) is 12.7. The Hall–Kier alpha value is -1.10. The summed E-state index contributed by atoms with van der Waals surface area (Å²) in [5.74, 6) is -0.0335. The molecule has 5 heteroatoms. The van der Waals surface area contributed by atoms with Crippen molar-refractivity contribution in [2.45, 2.75) is 78.6 Å². The van der Waals surface area contributed by atoms with Gasteiger partial charge in [-0.2, -0.15) is 0 Å². The summed E-state index contributed by atoms with van der Waals surface area (Å²) in [6.07, 6.45) is 9.26. The SMILES string of the molecule is CCCCCCCCCC(=O)NCCNC(=O)CC(C)(C)CO. The summed E-state index contributed by atoms with van der Waals surface area (Å²) in [4.78, 5) is 23.3. The van der Waals surface area contributed by atoms with Crippen molar-refractivity contribution in [1.29, 1.82) is 0 Å². The molecule has 5 nitrogen and oxygen atoms in total. The molecule has 2 amide bonds. The number of amides is 2. The van der Waals surface area contributed by atoms with Gasteiger partial charge in [0.1, 0.15) is 0 Å². The zero-order chi connectivity index (χ0) is 17.6. The van der Waals surface area contributed by atoms with E-state index in [2.05, 4.69) is 17.6 Å². The van der Waals surface area contributed by atoms with E-state index in [-0.39, 0.29) is 24.8 Å². The van der Waals surface area contributed by atoms with E-state index < -0.39 is 5.41 Å². The third-order valence-corrected chi connectivity index (χ3v) is 3.84. The van der Waals surface area contributed by atoms with Crippen LogP contribution in [0.1, 0.15) is 78.6 Å². The van der Waals surface area contributed by atoms with Gasteiger partial charge in [0.2, 0.25) is 11.8 Å². The highest BCUT2D eigenvalue weighted by atomic mass is 16.3. The van der Waals surface area contributed by atoms with Gasteiger partial charge in [0.15, 0.2) is 0 Å². The normalized spacial score (nSPS) is 11.3. The van der Waals surface area contributed by atoms with Gasteiger partial charge in [-0.05, 0) is 11.8 Å². The minimum absolute atomic E-state index is 0.0183. The van der Waals surface area contributed by atoms with Crippen molar-refractivity contribution < 1.29 is 14.7 Å². The summed E-state index contributed by atoms with van der Waals surface area (Å²) < 4.78 is 0. The molecule has 0 saturated heterocycles. The second-order valence-corrected chi connectivity index (χ2v) is 7.07. The fourth-order valence-electron chi connectivity index (χ4n) is 2.29. The van der Waals surface area contributed by atoms with Crippen LogP contribution in [0.3, 0.4) is 0 Å². The van der Waals surface area contributed by atoms with E-state index in [9.17, 15) is 9.59 Å². The third kappa shape index (κ3) is 14.2. The number of hydrogen-bond acceptors (Lipinski definition) is 3. The predicted molar refractivity (Wildman–Crippen MR) is 94.1 cm³/mol. The minimum Gasteiger partial charge on any atom is -0.396 e. The predicted octanol–water partition coefficient (Wildman–Crippen LogP) is 2.77. The zero-order valence-electron chi connectivity index (χ0n) is 15.2. The van der Waals surface area contributed by atoms with Crippen LogP contribution in [0.5, 0.6) is 0 Å². The van der Waals surface area contributed by atoms with E-state index in [1.165, 1.54) is 32.1 Å². The van der Waals surface area contributed by atoms with Gasteiger partial charge in [-0.1, -0.05) is 59.3 Å². The summed E-state index contributed by atoms with van der Waals surface area (Å²) in [5.41, 5.74) is -0.398. The van der Waals surface area contributed by atoms with Crippen LogP contribution in [0, 0.1) is 5.41 Å². The van der Waals surface area contributed by atoms with Gasteiger partial charge in [0, 0.05) is 32.5 Å². The van der Waals surface area contributed by atoms with Gasteiger partial charge in [-0.25, -0.2) is 0 Å². The van der Waals surface area contributed by atoms with E-state index in [4.69, 9.17) is 5.11 Å². The van der Waals surface area contributed by atoms with Gasteiger partial charge in [-0.3, -0.25) is 9.59 Å². The Morgan fingerprint density at radius 1 is 0.870 bits per heavy atom. The highest BCUT2D eigenvalue weighted by molar-refractivity contribution is 5.77. The highest BCUT2D eigenvalue weighted by Crippen LogP contribution is 2.18. The molecule has 23 heavy (non-hydrogen) atoms. The first-order chi connectivity index (χ1) is 10.9. The molecular formula is C18H36N2O3. The lowest BCUT2D eigenvalue weighted by atomic mass is 9.90. The summed E-state index contributed by atoms with van der Waals surface area (Å²) in [6, 6.07) is 0. The van der Waals surface area contributed by atoms with Gasteiger partial charge < -0.3 is 15.7 Å². The van der Waals surface area contributed by atoms with Crippen LogP contribution in [0.15, 0.2) is 0 Å². The van der Waals surface area contributed by atoms with Crippen LogP contribution in [-0.2, 0) is 9.59 Å². The average molecular weight is 328 g/mol. The van der Waals surface area contributed by atoms with Crippen molar-refractivity contribution in [2.75, 3.05) is 19.7 Å². The van der Waals surface area contributed by atoms with Crippen LogP contribution < -0.4 is 10.6 Å². The summed E-state index contributed by atoms with van der Waals surface area (Å²) in [5, 5.41) is 14.7. The maximum Gasteiger partial charge on any atom is 0.220 e. The largest absolute Gasteiger partial charge is 0.396 e. The second-order valence-electron chi connectivity index (χ2n) is 7.07. The van der Waals surface area contributed by atoms with Crippen LogP contribution in [0.2, 0.25) is 0 Å². The number of unbranched alkanes of at least 4 members (excludes halogenated alkanes) is 6. The second kappa shape index (κ2) is 13.3. The smallest absolute Gasteiger partial charge is 0.220 e. The maximum atomic E-state index is 11.6. The number of aliphatic hydroxyl groups excluding tert-OH is 1. The lowest BCUT2D eigenvalue weighted by molar-refractivity contribution is -0.124. The van der Waals surface area contributed by atoms with Crippen LogP contribution in [-0.4, -0.2) is 36.6 Å². The average Bonchev–Trinajstić information content (AvgIpc) is 2.50. The molecule has 0 heterocycles. The first-order valence-electron chi connectivity index (χ1n) is 9.05. The van der Waals surface area contributed by atoms with Crippen LogP contribution >= 0.6 is 0 Å². The van der Waals surface area contributed by atoms with E-state index in [1.807, 2.05) is 13.8 Å². The topological polar surface area (TPSA) is 78.4 Å². The number of aliphatic hydroxyl groups is 1. The molecule has 0 rings (SSSR count). The monoisotopic (exact) mass is 328 g/mol. The van der Waals surface area contributed by atoms with E-state index in [0.29, 0.717) is 19.5 Å². The standard InChI is InChI=1S/C18H36N2O3/c1-4-5-6-7-8-9-10-11-16(22)19-12-13-20-17(23)14-18(2,3)15-21/h21H,4-15H2,1-3H3,(H,19,22)(H,20,23). The highest BCUT2D eigenvalue weighted by Gasteiger charge is 2.20. The lowest BCUT2D eigenvalue weighted by Crippen LogP contribution is -2.36. The lowest BCUT2D eigenvalue weighted by Gasteiger charge is -2.20.